The van der Waals surface area contributed by atoms with Crippen molar-refractivity contribution < 1.29 is 4.79 Å². The van der Waals surface area contributed by atoms with E-state index in [1.165, 1.54) is 11.3 Å². The van der Waals surface area contributed by atoms with Gasteiger partial charge in [0.05, 0.1) is 6.04 Å². The zero-order valence-corrected chi connectivity index (χ0v) is 14.1. The molecule has 3 rings (SSSR count). The maximum absolute atomic E-state index is 12.1. The highest BCUT2D eigenvalue weighted by Crippen LogP contribution is 2.41. The van der Waals surface area contributed by atoms with Crippen LogP contribution in [0.4, 0.5) is 11.4 Å². The Kier molecular flexibility index (Phi) is 4.37. The molecule has 1 unspecified atom stereocenters. The molecule has 1 aliphatic rings. The minimum atomic E-state index is 0.117. The SMILES string of the molecule is CCN(c1ccccc1)C1C[C@@H](C)N(C(C)=O)c2ccccc21. The Morgan fingerprint density at radius 3 is 2.43 bits per heavy atom. The van der Waals surface area contributed by atoms with E-state index in [9.17, 15) is 4.79 Å². The Balaban J connectivity index is 2.06. The van der Waals surface area contributed by atoms with E-state index in [4.69, 9.17) is 0 Å². The summed E-state index contributed by atoms with van der Waals surface area (Å²) < 4.78 is 0. The van der Waals surface area contributed by atoms with Gasteiger partial charge in [0.1, 0.15) is 0 Å². The number of carbonyl (C=O) groups excluding carboxylic acids is 1. The molecular weight excluding hydrogens is 284 g/mol. The molecule has 0 fully saturated rings. The van der Waals surface area contributed by atoms with Crippen LogP contribution in [0.15, 0.2) is 54.6 Å². The highest BCUT2D eigenvalue weighted by Gasteiger charge is 2.34. The highest BCUT2D eigenvalue weighted by molar-refractivity contribution is 5.93. The molecule has 1 aliphatic heterocycles. The lowest BCUT2D eigenvalue weighted by atomic mass is 9.90. The number of carbonyl (C=O) groups is 1. The van der Waals surface area contributed by atoms with Crippen LogP contribution in [0.3, 0.4) is 0 Å². The topological polar surface area (TPSA) is 23.6 Å². The normalized spacial score (nSPS) is 20.0. The third-order valence-electron chi connectivity index (χ3n) is 4.70. The molecule has 0 aliphatic carbocycles. The van der Waals surface area contributed by atoms with E-state index in [2.05, 4.69) is 61.2 Å². The van der Waals surface area contributed by atoms with Gasteiger partial charge in [-0.3, -0.25) is 4.79 Å². The standard InChI is InChI=1S/C20H24N2O/c1-4-21(17-10-6-5-7-11-17)20-14-15(2)22(16(3)23)19-13-9-8-12-18(19)20/h5-13,15,20H,4,14H2,1-3H3/t15-,20?/m1/s1. The summed E-state index contributed by atoms with van der Waals surface area (Å²) in [4.78, 5) is 16.5. The fourth-order valence-corrected chi connectivity index (χ4v) is 3.76. The number of hydrogen-bond acceptors (Lipinski definition) is 2. The van der Waals surface area contributed by atoms with Crippen LogP contribution in [-0.4, -0.2) is 18.5 Å². The van der Waals surface area contributed by atoms with Crippen molar-refractivity contribution >= 4 is 17.3 Å². The van der Waals surface area contributed by atoms with Crippen molar-refractivity contribution in [2.45, 2.75) is 39.3 Å². The van der Waals surface area contributed by atoms with E-state index < -0.39 is 0 Å². The minimum Gasteiger partial charge on any atom is -0.365 e. The number of amides is 1. The molecule has 2 aromatic rings. The van der Waals surface area contributed by atoms with Crippen LogP contribution in [0.2, 0.25) is 0 Å². The predicted molar refractivity (Wildman–Crippen MR) is 95.9 cm³/mol. The lowest BCUT2D eigenvalue weighted by molar-refractivity contribution is -0.117. The molecule has 2 atom stereocenters. The summed E-state index contributed by atoms with van der Waals surface area (Å²) in [6.07, 6.45) is 0.944. The molecule has 1 amide bonds. The first kappa shape index (κ1) is 15.6. The summed E-state index contributed by atoms with van der Waals surface area (Å²) >= 11 is 0. The first-order valence-electron chi connectivity index (χ1n) is 8.34. The van der Waals surface area contributed by atoms with Gasteiger partial charge in [0.25, 0.3) is 0 Å². The second kappa shape index (κ2) is 6.45. The summed E-state index contributed by atoms with van der Waals surface area (Å²) in [5, 5.41) is 0. The molecule has 2 aromatic carbocycles. The van der Waals surface area contributed by atoms with Crippen LogP contribution in [-0.2, 0) is 4.79 Å². The quantitative estimate of drug-likeness (QED) is 0.839. The first-order chi connectivity index (χ1) is 11.1. The molecule has 3 nitrogen and oxygen atoms in total. The Hall–Kier alpha value is -2.29. The first-order valence-corrected chi connectivity index (χ1v) is 8.34. The molecule has 0 aromatic heterocycles. The van der Waals surface area contributed by atoms with Crippen molar-refractivity contribution in [3.8, 4) is 0 Å². The summed E-state index contributed by atoms with van der Waals surface area (Å²) in [5.74, 6) is 0.117. The number of anilines is 2. The Bertz CT molecular complexity index is 683. The van der Waals surface area contributed by atoms with Crippen LogP contribution in [0.1, 0.15) is 38.8 Å². The number of para-hydroxylation sites is 2. The van der Waals surface area contributed by atoms with Crippen LogP contribution >= 0.6 is 0 Å². The highest BCUT2D eigenvalue weighted by atomic mass is 16.2. The van der Waals surface area contributed by atoms with Crippen molar-refractivity contribution in [3.05, 3.63) is 60.2 Å². The molecule has 120 valence electrons. The van der Waals surface area contributed by atoms with Gasteiger partial charge in [-0.25, -0.2) is 0 Å². The van der Waals surface area contributed by atoms with E-state index in [0.717, 1.165) is 18.7 Å². The van der Waals surface area contributed by atoms with Gasteiger partial charge in [-0.1, -0.05) is 36.4 Å². The van der Waals surface area contributed by atoms with Gasteiger partial charge in [0, 0.05) is 30.9 Å². The molecule has 3 heteroatoms. The van der Waals surface area contributed by atoms with Crippen LogP contribution in [0.25, 0.3) is 0 Å². The second-order valence-electron chi connectivity index (χ2n) is 6.17. The third kappa shape index (κ3) is 2.83. The van der Waals surface area contributed by atoms with Crippen molar-refractivity contribution in [2.75, 3.05) is 16.3 Å². The maximum atomic E-state index is 12.1. The third-order valence-corrected chi connectivity index (χ3v) is 4.70. The van der Waals surface area contributed by atoms with Gasteiger partial charge in [-0.15, -0.1) is 0 Å². The zero-order chi connectivity index (χ0) is 16.4. The molecule has 0 N–H and O–H groups in total. The average molecular weight is 308 g/mol. The fourth-order valence-electron chi connectivity index (χ4n) is 3.76. The second-order valence-corrected chi connectivity index (χ2v) is 6.17. The molecule has 0 spiro atoms. The molecule has 0 saturated heterocycles. The van der Waals surface area contributed by atoms with Gasteiger partial charge < -0.3 is 9.80 Å². The number of hydrogen-bond donors (Lipinski definition) is 0. The van der Waals surface area contributed by atoms with E-state index in [1.54, 1.807) is 6.92 Å². The number of benzene rings is 2. The predicted octanol–water partition coefficient (Wildman–Crippen LogP) is 4.40. The zero-order valence-electron chi connectivity index (χ0n) is 14.1. The lowest BCUT2D eigenvalue weighted by Gasteiger charge is -2.44. The van der Waals surface area contributed by atoms with Crippen LogP contribution in [0.5, 0.6) is 0 Å². The minimum absolute atomic E-state index is 0.117. The maximum Gasteiger partial charge on any atom is 0.224 e. The summed E-state index contributed by atoms with van der Waals surface area (Å²) in [6, 6.07) is 19.3. The Labute approximate surface area is 138 Å². The fraction of sp³-hybridized carbons (Fsp3) is 0.350. The van der Waals surface area contributed by atoms with Crippen LogP contribution < -0.4 is 9.80 Å². The van der Waals surface area contributed by atoms with Crippen molar-refractivity contribution in [2.24, 2.45) is 0 Å². The molecule has 1 heterocycles. The van der Waals surface area contributed by atoms with Gasteiger partial charge in [-0.2, -0.15) is 0 Å². The summed E-state index contributed by atoms with van der Waals surface area (Å²) in [7, 11) is 0. The number of fused-ring (bicyclic) bond motifs is 1. The number of nitrogens with zero attached hydrogens (tertiary/aromatic N) is 2. The van der Waals surface area contributed by atoms with Crippen molar-refractivity contribution in [1.29, 1.82) is 0 Å². The molecule has 0 saturated carbocycles. The monoisotopic (exact) mass is 308 g/mol. The van der Waals surface area contributed by atoms with Gasteiger partial charge in [-0.05, 0) is 44.0 Å². The van der Waals surface area contributed by atoms with Crippen molar-refractivity contribution in [1.82, 2.24) is 0 Å². The molecule has 23 heavy (non-hydrogen) atoms. The van der Waals surface area contributed by atoms with Gasteiger partial charge in [0.15, 0.2) is 0 Å². The van der Waals surface area contributed by atoms with E-state index in [-0.39, 0.29) is 11.9 Å². The van der Waals surface area contributed by atoms with Gasteiger partial charge in [0.2, 0.25) is 5.91 Å². The molecule has 0 radical (unpaired) electrons. The van der Waals surface area contributed by atoms with Crippen LogP contribution in [0, 0.1) is 0 Å². The van der Waals surface area contributed by atoms with E-state index in [0.29, 0.717) is 6.04 Å². The van der Waals surface area contributed by atoms with E-state index >= 15 is 0 Å². The molecule has 0 bridgehead atoms. The largest absolute Gasteiger partial charge is 0.365 e. The number of rotatable bonds is 3. The van der Waals surface area contributed by atoms with E-state index in [1.807, 2.05) is 17.0 Å². The summed E-state index contributed by atoms with van der Waals surface area (Å²) in [5.41, 5.74) is 3.53. The Morgan fingerprint density at radius 1 is 1.13 bits per heavy atom. The van der Waals surface area contributed by atoms with Crippen molar-refractivity contribution in [3.63, 3.8) is 0 Å². The Morgan fingerprint density at radius 2 is 1.78 bits per heavy atom. The smallest absolute Gasteiger partial charge is 0.224 e. The van der Waals surface area contributed by atoms with Gasteiger partial charge >= 0.3 is 0 Å². The summed E-state index contributed by atoms with van der Waals surface area (Å²) in [6.45, 7) is 6.93. The molecular formula is C20H24N2O. The average Bonchev–Trinajstić information content (AvgIpc) is 2.56. The lowest BCUT2D eigenvalue weighted by Crippen LogP contribution is -2.45.